The van der Waals surface area contributed by atoms with Gasteiger partial charge in [-0.3, -0.25) is 9.69 Å². The number of aromatic nitrogens is 2. The average molecular weight is 462 g/mol. The Bertz CT molecular complexity index is 1210. The molecule has 2 aliphatic rings. The zero-order valence-corrected chi connectivity index (χ0v) is 19.5. The maximum absolute atomic E-state index is 12.3. The quantitative estimate of drug-likeness (QED) is 0.503. The standard InChI is InChI=1S/C27H31N3O4/c1-17-12-13-20-22(29(17)27(33)34)14-15-23-25(20)28-24(30(23)19-10-6-3-7-11-19)16-21(26(31)32)18-8-4-2-5-9-18/h2,4-5,8-9,14-15,17,19,21H,3,6-7,10-13,16H2,1H3,(H,31,32)(H,33,34)/t17-,21-/m0/s1. The van der Waals surface area contributed by atoms with Crippen molar-refractivity contribution >= 4 is 28.8 Å². The summed E-state index contributed by atoms with van der Waals surface area (Å²) < 4.78 is 2.27. The molecule has 2 heterocycles. The number of rotatable bonds is 5. The van der Waals surface area contributed by atoms with Crippen LogP contribution in [-0.4, -0.2) is 37.9 Å². The molecule has 0 radical (unpaired) electrons. The zero-order chi connectivity index (χ0) is 23.8. The van der Waals surface area contributed by atoms with E-state index in [1.54, 1.807) is 0 Å². The van der Waals surface area contributed by atoms with Crippen molar-refractivity contribution in [3.8, 4) is 0 Å². The molecule has 2 N–H and O–H groups in total. The molecule has 2 aromatic carbocycles. The van der Waals surface area contributed by atoms with Gasteiger partial charge in [-0.25, -0.2) is 9.78 Å². The number of nitrogens with zero attached hydrogens (tertiary/aromatic N) is 3. The average Bonchev–Trinajstić information content (AvgIpc) is 3.21. The van der Waals surface area contributed by atoms with Crippen LogP contribution in [0.4, 0.5) is 10.5 Å². The van der Waals surface area contributed by atoms with Crippen LogP contribution in [0.1, 0.15) is 74.4 Å². The van der Waals surface area contributed by atoms with Crippen LogP contribution in [0.15, 0.2) is 42.5 Å². The van der Waals surface area contributed by atoms with Crippen LogP contribution in [0, 0.1) is 0 Å². The van der Waals surface area contributed by atoms with Gasteiger partial charge in [-0.05, 0) is 50.3 Å². The molecule has 1 fully saturated rings. The van der Waals surface area contributed by atoms with Gasteiger partial charge in [-0.15, -0.1) is 0 Å². The van der Waals surface area contributed by atoms with E-state index in [0.717, 1.165) is 66.5 Å². The first kappa shape index (κ1) is 22.4. The number of carboxylic acids is 1. The summed E-state index contributed by atoms with van der Waals surface area (Å²) in [4.78, 5) is 30.8. The maximum atomic E-state index is 12.3. The highest BCUT2D eigenvalue weighted by molar-refractivity contribution is 5.94. The molecule has 5 rings (SSSR count). The molecule has 0 spiro atoms. The maximum Gasteiger partial charge on any atom is 0.412 e. The lowest BCUT2D eigenvalue weighted by Crippen LogP contribution is -2.41. The van der Waals surface area contributed by atoms with E-state index in [0.29, 0.717) is 12.1 Å². The summed E-state index contributed by atoms with van der Waals surface area (Å²) in [7, 11) is 0. The normalized spacial score (nSPS) is 19.7. The third kappa shape index (κ3) is 3.93. The first-order chi connectivity index (χ1) is 16.5. The number of aliphatic carboxylic acids is 1. The topological polar surface area (TPSA) is 95.7 Å². The Labute approximate surface area is 199 Å². The Hall–Kier alpha value is -3.35. The number of anilines is 1. The van der Waals surface area contributed by atoms with Gasteiger partial charge in [0.1, 0.15) is 5.82 Å². The van der Waals surface area contributed by atoms with E-state index in [9.17, 15) is 19.8 Å². The van der Waals surface area contributed by atoms with Crippen molar-refractivity contribution in [3.63, 3.8) is 0 Å². The number of aryl methyl sites for hydroxylation is 1. The lowest BCUT2D eigenvalue weighted by molar-refractivity contribution is -0.138. The third-order valence-electron chi connectivity index (χ3n) is 7.56. The fraction of sp³-hybridized carbons (Fsp3) is 0.444. The summed E-state index contributed by atoms with van der Waals surface area (Å²) in [6.07, 6.45) is 6.49. The molecule has 7 nitrogen and oxygen atoms in total. The lowest BCUT2D eigenvalue weighted by Gasteiger charge is -2.33. The summed E-state index contributed by atoms with van der Waals surface area (Å²) in [5.41, 5.74) is 4.26. The lowest BCUT2D eigenvalue weighted by atomic mass is 9.93. The molecule has 1 aliphatic carbocycles. The predicted octanol–water partition coefficient (Wildman–Crippen LogP) is 5.77. The number of amides is 1. The van der Waals surface area contributed by atoms with Crippen molar-refractivity contribution in [2.45, 2.75) is 76.3 Å². The van der Waals surface area contributed by atoms with Crippen molar-refractivity contribution < 1.29 is 19.8 Å². The van der Waals surface area contributed by atoms with Crippen LogP contribution in [0.5, 0.6) is 0 Å². The number of carboxylic acid groups (broad SMARTS) is 2. The van der Waals surface area contributed by atoms with E-state index < -0.39 is 18.0 Å². The van der Waals surface area contributed by atoms with E-state index >= 15 is 0 Å². The van der Waals surface area contributed by atoms with Crippen molar-refractivity contribution in [2.24, 2.45) is 0 Å². The van der Waals surface area contributed by atoms with Crippen LogP contribution in [0.3, 0.4) is 0 Å². The summed E-state index contributed by atoms with van der Waals surface area (Å²) >= 11 is 0. The first-order valence-corrected chi connectivity index (χ1v) is 12.3. The van der Waals surface area contributed by atoms with Crippen molar-refractivity contribution in [3.05, 3.63) is 59.4 Å². The molecule has 178 valence electrons. The van der Waals surface area contributed by atoms with E-state index in [2.05, 4.69) is 4.57 Å². The van der Waals surface area contributed by atoms with Crippen LogP contribution in [0.25, 0.3) is 11.0 Å². The molecule has 3 aromatic rings. The summed E-state index contributed by atoms with van der Waals surface area (Å²) in [5.74, 6) is -0.764. The fourth-order valence-electron chi connectivity index (χ4n) is 5.84. The molecule has 1 saturated carbocycles. The number of fused-ring (bicyclic) bond motifs is 3. The van der Waals surface area contributed by atoms with Crippen LogP contribution >= 0.6 is 0 Å². The Morgan fingerprint density at radius 1 is 1.03 bits per heavy atom. The van der Waals surface area contributed by atoms with Gasteiger partial charge in [-0.1, -0.05) is 49.6 Å². The largest absolute Gasteiger partial charge is 0.481 e. The second kappa shape index (κ2) is 9.12. The molecular formula is C27H31N3O4. The highest BCUT2D eigenvalue weighted by Gasteiger charge is 2.32. The van der Waals surface area contributed by atoms with Crippen molar-refractivity contribution in [1.82, 2.24) is 9.55 Å². The van der Waals surface area contributed by atoms with E-state index in [4.69, 9.17) is 4.98 Å². The van der Waals surface area contributed by atoms with Gasteiger partial charge in [0.25, 0.3) is 0 Å². The van der Waals surface area contributed by atoms with Gasteiger partial charge in [0.2, 0.25) is 0 Å². The second-order valence-corrected chi connectivity index (χ2v) is 9.67. The van der Waals surface area contributed by atoms with Gasteiger partial charge < -0.3 is 14.8 Å². The van der Waals surface area contributed by atoms with Gasteiger partial charge in [-0.2, -0.15) is 0 Å². The molecular weight excluding hydrogens is 430 g/mol. The molecule has 1 amide bonds. The number of carbonyl (C=O) groups is 2. The minimum Gasteiger partial charge on any atom is -0.481 e. The van der Waals surface area contributed by atoms with Gasteiger partial charge in [0, 0.05) is 24.1 Å². The number of hydrogen-bond donors (Lipinski definition) is 2. The number of benzene rings is 2. The van der Waals surface area contributed by atoms with Crippen LogP contribution < -0.4 is 4.90 Å². The van der Waals surface area contributed by atoms with E-state index in [1.165, 1.54) is 11.3 Å². The molecule has 34 heavy (non-hydrogen) atoms. The third-order valence-corrected chi connectivity index (χ3v) is 7.56. The molecule has 1 aromatic heterocycles. The number of hydrogen-bond acceptors (Lipinski definition) is 3. The first-order valence-electron chi connectivity index (χ1n) is 12.3. The highest BCUT2D eigenvalue weighted by Crippen LogP contribution is 2.40. The minimum atomic E-state index is -0.949. The Morgan fingerprint density at radius 3 is 2.44 bits per heavy atom. The van der Waals surface area contributed by atoms with Gasteiger partial charge in [0.05, 0.1) is 22.6 Å². The Balaban J connectivity index is 1.66. The Morgan fingerprint density at radius 2 is 1.76 bits per heavy atom. The Kier molecular flexibility index (Phi) is 6.02. The number of imidazole rings is 1. The molecule has 1 aliphatic heterocycles. The van der Waals surface area contributed by atoms with E-state index in [1.807, 2.05) is 49.4 Å². The van der Waals surface area contributed by atoms with Crippen molar-refractivity contribution in [1.29, 1.82) is 0 Å². The summed E-state index contributed by atoms with van der Waals surface area (Å²) in [6.45, 7) is 1.94. The smallest absolute Gasteiger partial charge is 0.412 e. The van der Waals surface area contributed by atoms with Gasteiger partial charge >= 0.3 is 12.1 Å². The zero-order valence-electron chi connectivity index (χ0n) is 19.5. The molecule has 7 heteroatoms. The summed E-state index contributed by atoms with van der Waals surface area (Å²) in [5, 5.41) is 19.9. The van der Waals surface area contributed by atoms with Crippen LogP contribution in [0.2, 0.25) is 0 Å². The monoisotopic (exact) mass is 461 g/mol. The molecule has 0 unspecified atom stereocenters. The summed E-state index contributed by atoms with van der Waals surface area (Å²) in [6, 6.07) is 13.5. The van der Waals surface area contributed by atoms with Crippen LogP contribution in [-0.2, 0) is 17.6 Å². The van der Waals surface area contributed by atoms with E-state index in [-0.39, 0.29) is 12.1 Å². The highest BCUT2D eigenvalue weighted by atomic mass is 16.4. The molecule has 0 saturated heterocycles. The van der Waals surface area contributed by atoms with Crippen molar-refractivity contribution in [2.75, 3.05) is 4.90 Å². The predicted molar refractivity (Wildman–Crippen MR) is 131 cm³/mol. The molecule has 2 atom stereocenters. The molecule has 0 bridgehead atoms. The minimum absolute atomic E-state index is 0.0863. The SMILES string of the molecule is C[C@H]1CCc2c(ccc3c2nc(C[C@H](C(=O)O)c2ccccc2)n3C2CCCCC2)N1C(=O)O. The fourth-order valence-corrected chi connectivity index (χ4v) is 5.84. The van der Waals surface area contributed by atoms with Gasteiger partial charge in [0.15, 0.2) is 0 Å². The second-order valence-electron chi connectivity index (χ2n) is 9.67.